The first-order valence-corrected chi connectivity index (χ1v) is 14.1. The van der Waals surface area contributed by atoms with Gasteiger partial charge in [-0.1, -0.05) is 74.8 Å². The first-order valence-electron chi connectivity index (χ1n) is 13.3. The summed E-state index contributed by atoms with van der Waals surface area (Å²) in [7, 11) is 1.57. The third-order valence-corrected chi connectivity index (χ3v) is 7.06. The molecule has 2 amide bonds. The zero-order chi connectivity index (χ0) is 28.6. The SMILES string of the molecule is CCCCc1ccc(-c2ccccc2SNc2noc(C)c2C)cc1.COCCNC(=O)C(NC=O)C(C)C. The number of carbonyl (C=O) groups excluding carboxylic acids is 2. The Balaban J connectivity index is 0.000000326. The molecule has 0 spiro atoms. The van der Waals surface area contributed by atoms with Crippen LogP contribution in [0.15, 0.2) is 57.9 Å². The van der Waals surface area contributed by atoms with Gasteiger partial charge in [0, 0.05) is 24.1 Å². The van der Waals surface area contributed by atoms with Crippen LogP contribution in [0.25, 0.3) is 11.1 Å². The summed E-state index contributed by atoms with van der Waals surface area (Å²) in [6, 6.07) is 16.9. The van der Waals surface area contributed by atoms with Crippen LogP contribution in [-0.2, 0) is 20.7 Å². The minimum Gasteiger partial charge on any atom is -0.383 e. The summed E-state index contributed by atoms with van der Waals surface area (Å²) in [4.78, 5) is 22.9. The van der Waals surface area contributed by atoms with Crippen molar-refractivity contribution in [3.63, 3.8) is 0 Å². The predicted molar refractivity (Wildman–Crippen MR) is 159 cm³/mol. The maximum atomic E-state index is 11.5. The number of hydrogen-bond donors (Lipinski definition) is 3. The maximum absolute atomic E-state index is 11.5. The van der Waals surface area contributed by atoms with Crippen molar-refractivity contribution in [2.75, 3.05) is 25.0 Å². The highest BCUT2D eigenvalue weighted by Crippen LogP contribution is 2.33. The van der Waals surface area contributed by atoms with Gasteiger partial charge in [0.2, 0.25) is 12.3 Å². The number of ether oxygens (including phenoxy) is 1. The number of hydrogen-bond acceptors (Lipinski definition) is 7. The molecular weight excluding hydrogens is 512 g/mol. The lowest BCUT2D eigenvalue weighted by Crippen LogP contribution is -2.47. The molecule has 1 aromatic heterocycles. The Morgan fingerprint density at radius 1 is 1.13 bits per heavy atom. The van der Waals surface area contributed by atoms with E-state index in [0.29, 0.717) is 19.6 Å². The van der Waals surface area contributed by atoms with E-state index in [4.69, 9.17) is 9.26 Å². The molecule has 39 heavy (non-hydrogen) atoms. The quantitative estimate of drug-likeness (QED) is 0.129. The van der Waals surface area contributed by atoms with Crippen LogP contribution in [0.4, 0.5) is 5.82 Å². The van der Waals surface area contributed by atoms with Gasteiger partial charge in [-0.2, -0.15) is 0 Å². The first-order chi connectivity index (χ1) is 18.8. The lowest BCUT2D eigenvalue weighted by atomic mass is 10.0. The van der Waals surface area contributed by atoms with Crippen LogP contribution in [0.5, 0.6) is 0 Å². The number of unbranched alkanes of at least 4 members (excludes halogenated alkanes) is 1. The van der Waals surface area contributed by atoms with E-state index in [1.54, 1.807) is 19.1 Å². The monoisotopic (exact) mass is 554 g/mol. The molecule has 0 fully saturated rings. The van der Waals surface area contributed by atoms with Gasteiger partial charge in [0.25, 0.3) is 0 Å². The molecule has 0 radical (unpaired) electrons. The summed E-state index contributed by atoms with van der Waals surface area (Å²) >= 11 is 1.57. The van der Waals surface area contributed by atoms with Crippen molar-refractivity contribution in [3.05, 3.63) is 65.4 Å². The second-order valence-corrected chi connectivity index (χ2v) is 10.4. The molecule has 2 aromatic carbocycles. The molecule has 3 aromatic rings. The highest BCUT2D eigenvalue weighted by atomic mass is 32.2. The predicted octanol–water partition coefficient (Wildman–Crippen LogP) is 5.94. The van der Waals surface area contributed by atoms with Crippen molar-refractivity contribution in [2.24, 2.45) is 5.92 Å². The Morgan fingerprint density at radius 3 is 2.44 bits per heavy atom. The minimum absolute atomic E-state index is 0.0720. The van der Waals surface area contributed by atoms with Crippen molar-refractivity contribution in [3.8, 4) is 11.1 Å². The molecule has 3 rings (SSSR count). The summed E-state index contributed by atoms with van der Waals surface area (Å²) < 4.78 is 13.3. The molecule has 0 aliphatic rings. The highest BCUT2D eigenvalue weighted by molar-refractivity contribution is 8.00. The van der Waals surface area contributed by atoms with Gasteiger partial charge in [-0.25, -0.2) is 0 Å². The molecule has 9 heteroatoms. The number of nitrogens with one attached hydrogen (secondary N) is 3. The maximum Gasteiger partial charge on any atom is 0.242 e. The van der Waals surface area contributed by atoms with Gasteiger partial charge in [-0.05, 0) is 67.3 Å². The molecule has 0 bridgehead atoms. The van der Waals surface area contributed by atoms with E-state index in [1.807, 2.05) is 27.7 Å². The van der Waals surface area contributed by atoms with Crippen molar-refractivity contribution in [1.29, 1.82) is 0 Å². The Morgan fingerprint density at radius 2 is 1.85 bits per heavy atom. The standard InChI is InChI=1S/C21H24N2OS.C9H18N2O3/c1-4-5-8-17-11-13-18(14-12-17)19-9-6-7-10-20(19)25-23-21-15(2)16(3)24-22-21;1-7(2)8(11-6-12)9(13)10-4-5-14-3/h6-7,9-14H,4-5,8H2,1-3H3,(H,22,23);6-8H,4-5H2,1-3H3,(H,10,13)(H,11,12). The molecule has 1 heterocycles. The average molecular weight is 555 g/mol. The molecule has 8 nitrogen and oxygen atoms in total. The van der Waals surface area contributed by atoms with Crippen LogP contribution in [0, 0.1) is 19.8 Å². The summed E-state index contributed by atoms with van der Waals surface area (Å²) in [5.41, 5.74) is 4.91. The summed E-state index contributed by atoms with van der Waals surface area (Å²) in [5, 5.41) is 9.21. The molecular formula is C30H42N4O4S. The van der Waals surface area contributed by atoms with Crippen molar-refractivity contribution in [1.82, 2.24) is 15.8 Å². The normalized spacial score (nSPS) is 11.4. The summed E-state index contributed by atoms with van der Waals surface area (Å²) in [6.45, 7) is 10.8. The molecule has 1 unspecified atom stereocenters. The second kappa shape index (κ2) is 17.3. The third-order valence-electron chi connectivity index (χ3n) is 6.19. The molecule has 1 atom stereocenters. The third kappa shape index (κ3) is 10.4. The van der Waals surface area contributed by atoms with Crippen LogP contribution in [0.2, 0.25) is 0 Å². The fourth-order valence-corrected chi connectivity index (χ4v) is 4.51. The Labute approximate surface area is 236 Å². The summed E-state index contributed by atoms with van der Waals surface area (Å²) in [5.74, 6) is 1.53. The first kappa shape index (κ1) is 31.9. The number of nitrogens with zero attached hydrogens (tertiary/aromatic N) is 1. The van der Waals surface area contributed by atoms with E-state index < -0.39 is 6.04 Å². The van der Waals surface area contributed by atoms with Gasteiger partial charge in [-0.15, -0.1) is 0 Å². The van der Waals surface area contributed by atoms with E-state index in [9.17, 15) is 9.59 Å². The molecule has 0 saturated carbocycles. The zero-order valence-electron chi connectivity index (χ0n) is 23.9. The number of anilines is 1. The van der Waals surface area contributed by atoms with Gasteiger partial charge in [0.05, 0.1) is 6.61 Å². The van der Waals surface area contributed by atoms with Crippen LogP contribution in [0.1, 0.15) is 50.5 Å². The van der Waals surface area contributed by atoms with Gasteiger partial charge in [-0.3, -0.25) is 9.59 Å². The highest BCUT2D eigenvalue weighted by Gasteiger charge is 2.20. The number of carbonyl (C=O) groups is 2. The van der Waals surface area contributed by atoms with E-state index in [0.717, 1.165) is 23.6 Å². The molecule has 0 aliphatic carbocycles. The van der Waals surface area contributed by atoms with E-state index in [1.165, 1.54) is 34.4 Å². The molecule has 3 N–H and O–H groups in total. The number of aryl methyl sites for hydroxylation is 2. The van der Waals surface area contributed by atoms with Crippen molar-refractivity contribution in [2.45, 2.75) is 64.8 Å². The number of benzene rings is 2. The number of amides is 2. The van der Waals surface area contributed by atoms with Crippen LogP contribution < -0.4 is 15.4 Å². The van der Waals surface area contributed by atoms with E-state index in [2.05, 4.69) is 76.0 Å². The lowest BCUT2D eigenvalue weighted by Gasteiger charge is -2.18. The Bertz CT molecular complexity index is 1150. The largest absolute Gasteiger partial charge is 0.383 e. The lowest BCUT2D eigenvalue weighted by molar-refractivity contribution is -0.126. The molecule has 0 saturated heterocycles. The number of rotatable bonds is 14. The fraction of sp³-hybridized carbons (Fsp3) is 0.433. The minimum atomic E-state index is -0.468. The smallest absolute Gasteiger partial charge is 0.242 e. The number of methoxy groups -OCH3 is 1. The summed E-state index contributed by atoms with van der Waals surface area (Å²) in [6.07, 6.45) is 4.17. The molecule has 0 aliphatic heterocycles. The Kier molecular flexibility index (Phi) is 14.2. The van der Waals surface area contributed by atoms with Crippen LogP contribution >= 0.6 is 11.9 Å². The van der Waals surface area contributed by atoms with Crippen LogP contribution in [0.3, 0.4) is 0 Å². The zero-order valence-corrected chi connectivity index (χ0v) is 24.7. The fourth-order valence-electron chi connectivity index (χ4n) is 3.67. The topological polar surface area (TPSA) is 105 Å². The molecule has 212 valence electrons. The van der Waals surface area contributed by atoms with Gasteiger partial charge in [0.1, 0.15) is 11.8 Å². The van der Waals surface area contributed by atoms with E-state index >= 15 is 0 Å². The number of aromatic nitrogens is 1. The van der Waals surface area contributed by atoms with Crippen molar-refractivity contribution >= 4 is 30.1 Å². The van der Waals surface area contributed by atoms with Gasteiger partial charge in [0.15, 0.2) is 5.82 Å². The Hall–Kier alpha value is -3.30. The van der Waals surface area contributed by atoms with Gasteiger partial charge >= 0.3 is 0 Å². The van der Waals surface area contributed by atoms with E-state index in [-0.39, 0.29) is 11.8 Å². The van der Waals surface area contributed by atoms with Gasteiger partial charge < -0.3 is 24.6 Å². The van der Waals surface area contributed by atoms with Crippen LogP contribution in [-0.4, -0.2) is 43.8 Å². The van der Waals surface area contributed by atoms with Crippen molar-refractivity contribution < 1.29 is 18.8 Å². The second-order valence-electron chi connectivity index (χ2n) is 9.50. The average Bonchev–Trinajstić information content (AvgIpc) is 3.26.